The van der Waals surface area contributed by atoms with E-state index in [9.17, 15) is 15.2 Å². The number of para-hydroxylation sites is 2. The van der Waals surface area contributed by atoms with Gasteiger partial charge < -0.3 is 10.1 Å². The highest BCUT2D eigenvalue weighted by molar-refractivity contribution is 5.87. The van der Waals surface area contributed by atoms with Crippen molar-refractivity contribution in [3.63, 3.8) is 0 Å². The Balaban J connectivity index is 2.26. The lowest BCUT2D eigenvalue weighted by atomic mass is 10.2. The SMILES string of the molecule is O=[N+]([O-])c1cccc2[nH]c(-c3ccccc3O)nc12. The average molecular weight is 255 g/mol. The zero-order valence-electron chi connectivity index (χ0n) is 9.70. The van der Waals surface area contributed by atoms with Gasteiger partial charge in [0, 0.05) is 6.07 Å². The Morgan fingerprint density at radius 1 is 1.16 bits per heavy atom. The van der Waals surface area contributed by atoms with Gasteiger partial charge in [0.15, 0.2) is 5.52 Å². The van der Waals surface area contributed by atoms with E-state index in [1.165, 1.54) is 12.1 Å². The summed E-state index contributed by atoms with van der Waals surface area (Å²) in [5.41, 5.74) is 1.29. The van der Waals surface area contributed by atoms with Crippen molar-refractivity contribution >= 4 is 16.7 Å². The molecule has 0 spiro atoms. The quantitative estimate of drug-likeness (QED) is 0.544. The summed E-state index contributed by atoms with van der Waals surface area (Å²) in [6.45, 7) is 0. The van der Waals surface area contributed by atoms with Crippen molar-refractivity contribution < 1.29 is 10.0 Å². The standard InChI is InChI=1S/C13H9N3O3/c17-11-7-2-1-4-8(11)13-14-9-5-3-6-10(16(18)19)12(9)15-13/h1-7,17H,(H,14,15). The molecule has 0 saturated carbocycles. The largest absolute Gasteiger partial charge is 0.507 e. The second-order valence-electron chi connectivity index (χ2n) is 4.03. The number of fused-ring (bicyclic) bond motifs is 1. The minimum Gasteiger partial charge on any atom is -0.507 e. The first kappa shape index (κ1) is 11.2. The number of nitrogens with zero attached hydrogens (tertiary/aromatic N) is 2. The van der Waals surface area contributed by atoms with E-state index in [2.05, 4.69) is 9.97 Å². The highest BCUT2D eigenvalue weighted by atomic mass is 16.6. The Bertz CT molecular complexity index is 780. The second-order valence-corrected chi connectivity index (χ2v) is 4.03. The molecule has 0 saturated heterocycles. The van der Waals surface area contributed by atoms with Crippen molar-refractivity contribution in [2.45, 2.75) is 0 Å². The van der Waals surface area contributed by atoms with Crippen LogP contribution in [-0.2, 0) is 0 Å². The van der Waals surface area contributed by atoms with E-state index in [1.54, 1.807) is 30.3 Å². The van der Waals surface area contributed by atoms with Gasteiger partial charge in [-0.25, -0.2) is 4.98 Å². The van der Waals surface area contributed by atoms with Crippen LogP contribution in [0.3, 0.4) is 0 Å². The molecule has 0 amide bonds. The maximum Gasteiger partial charge on any atom is 0.297 e. The van der Waals surface area contributed by atoms with E-state index in [0.29, 0.717) is 16.9 Å². The Hall–Kier alpha value is -2.89. The predicted octanol–water partition coefficient (Wildman–Crippen LogP) is 2.84. The Morgan fingerprint density at radius 2 is 1.95 bits per heavy atom. The van der Waals surface area contributed by atoms with Crippen LogP contribution in [0.25, 0.3) is 22.4 Å². The van der Waals surface area contributed by atoms with Crippen LogP contribution in [0.5, 0.6) is 5.75 Å². The molecule has 1 aromatic heterocycles. The Kier molecular flexibility index (Phi) is 2.42. The molecule has 0 aliphatic heterocycles. The average Bonchev–Trinajstić information content (AvgIpc) is 2.82. The van der Waals surface area contributed by atoms with Crippen molar-refractivity contribution in [3.8, 4) is 17.1 Å². The van der Waals surface area contributed by atoms with Crippen LogP contribution in [0.2, 0.25) is 0 Å². The van der Waals surface area contributed by atoms with E-state index < -0.39 is 4.92 Å². The van der Waals surface area contributed by atoms with Crippen LogP contribution in [0.15, 0.2) is 42.5 Å². The molecule has 0 bridgehead atoms. The Morgan fingerprint density at radius 3 is 2.68 bits per heavy atom. The molecule has 6 nitrogen and oxygen atoms in total. The lowest BCUT2D eigenvalue weighted by molar-refractivity contribution is -0.383. The molecule has 0 radical (unpaired) electrons. The number of hydrogen-bond donors (Lipinski definition) is 2. The predicted molar refractivity (Wildman–Crippen MR) is 69.8 cm³/mol. The minimum absolute atomic E-state index is 0.0598. The summed E-state index contributed by atoms with van der Waals surface area (Å²) in [6.07, 6.45) is 0. The van der Waals surface area contributed by atoms with Gasteiger partial charge in [0.2, 0.25) is 0 Å². The summed E-state index contributed by atoms with van der Waals surface area (Å²) in [4.78, 5) is 17.6. The number of imidazole rings is 1. The molecular weight excluding hydrogens is 246 g/mol. The fourth-order valence-corrected chi connectivity index (χ4v) is 1.97. The van der Waals surface area contributed by atoms with Crippen molar-refractivity contribution in [3.05, 3.63) is 52.6 Å². The number of phenols is 1. The molecule has 0 atom stereocenters. The molecule has 0 unspecified atom stereocenters. The van der Waals surface area contributed by atoms with Crippen LogP contribution >= 0.6 is 0 Å². The Labute approximate surface area is 107 Å². The number of phenolic OH excluding ortho intramolecular Hbond substituents is 1. The number of aromatic nitrogens is 2. The molecule has 0 aliphatic carbocycles. The first-order valence-corrected chi connectivity index (χ1v) is 5.58. The number of rotatable bonds is 2. The third kappa shape index (κ3) is 1.79. The summed E-state index contributed by atoms with van der Waals surface area (Å²) in [7, 11) is 0. The molecule has 3 aromatic rings. The van der Waals surface area contributed by atoms with Crippen LogP contribution in [0.1, 0.15) is 0 Å². The molecule has 2 N–H and O–H groups in total. The van der Waals surface area contributed by atoms with Crippen molar-refractivity contribution in [1.82, 2.24) is 9.97 Å². The number of hydrogen-bond acceptors (Lipinski definition) is 4. The van der Waals surface area contributed by atoms with Gasteiger partial charge in [-0.2, -0.15) is 0 Å². The van der Waals surface area contributed by atoms with Gasteiger partial charge in [0.1, 0.15) is 11.6 Å². The maximum absolute atomic E-state index is 10.9. The monoisotopic (exact) mass is 255 g/mol. The number of aromatic amines is 1. The summed E-state index contributed by atoms with van der Waals surface area (Å²) in [5, 5.41) is 20.7. The van der Waals surface area contributed by atoms with Crippen molar-refractivity contribution in [2.24, 2.45) is 0 Å². The molecular formula is C13H9N3O3. The van der Waals surface area contributed by atoms with Gasteiger partial charge >= 0.3 is 0 Å². The van der Waals surface area contributed by atoms with Gasteiger partial charge in [0.25, 0.3) is 5.69 Å². The number of nitro benzene ring substituents is 1. The second kappa shape index (κ2) is 4.09. The third-order valence-electron chi connectivity index (χ3n) is 2.85. The first-order chi connectivity index (χ1) is 9.16. The van der Waals surface area contributed by atoms with Gasteiger partial charge in [-0.15, -0.1) is 0 Å². The fourth-order valence-electron chi connectivity index (χ4n) is 1.97. The molecule has 2 aromatic carbocycles. The molecule has 0 aliphatic rings. The van der Waals surface area contributed by atoms with Crippen LogP contribution in [-0.4, -0.2) is 20.0 Å². The molecule has 94 valence electrons. The maximum atomic E-state index is 10.9. The number of non-ortho nitro benzene ring substituents is 1. The van der Waals surface area contributed by atoms with E-state index in [0.717, 1.165) is 0 Å². The normalized spacial score (nSPS) is 10.7. The first-order valence-electron chi connectivity index (χ1n) is 5.58. The van der Waals surface area contributed by atoms with Crippen LogP contribution in [0.4, 0.5) is 5.69 Å². The van der Waals surface area contributed by atoms with Gasteiger partial charge in [0.05, 0.1) is 16.0 Å². The molecule has 1 heterocycles. The highest BCUT2D eigenvalue weighted by Crippen LogP contribution is 2.30. The van der Waals surface area contributed by atoms with Crippen molar-refractivity contribution in [2.75, 3.05) is 0 Å². The number of nitro groups is 1. The summed E-state index contributed by atoms with van der Waals surface area (Å²) < 4.78 is 0. The van der Waals surface area contributed by atoms with Crippen LogP contribution < -0.4 is 0 Å². The third-order valence-corrected chi connectivity index (χ3v) is 2.85. The lowest BCUT2D eigenvalue weighted by Gasteiger charge is -1.98. The van der Waals surface area contributed by atoms with E-state index in [-0.39, 0.29) is 17.0 Å². The van der Waals surface area contributed by atoms with Gasteiger partial charge in [-0.05, 0) is 18.2 Å². The summed E-state index contributed by atoms with van der Waals surface area (Å²) in [6, 6.07) is 11.4. The minimum atomic E-state index is -0.474. The topological polar surface area (TPSA) is 92.0 Å². The molecule has 19 heavy (non-hydrogen) atoms. The number of nitrogens with one attached hydrogen (secondary N) is 1. The molecule has 0 fully saturated rings. The van der Waals surface area contributed by atoms with Crippen molar-refractivity contribution in [1.29, 1.82) is 0 Å². The zero-order valence-corrected chi connectivity index (χ0v) is 9.70. The fraction of sp³-hybridized carbons (Fsp3) is 0. The van der Waals surface area contributed by atoms with E-state index >= 15 is 0 Å². The number of benzene rings is 2. The van der Waals surface area contributed by atoms with E-state index in [4.69, 9.17) is 0 Å². The van der Waals surface area contributed by atoms with Gasteiger partial charge in [-0.1, -0.05) is 18.2 Å². The number of aromatic hydroxyl groups is 1. The smallest absolute Gasteiger partial charge is 0.297 e. The van der Waals surface area contributed by atoms with E-state index in [1.807, 2.05) is 0 Å². The summed E-state index contributed by atoms with van der Waals surface area (Å²) >= 11 is 0. The molecule has 3 rings (SSSR count). The molecule has 6 heteroatoms. The summed E-state index contributed by atoms with van der Waals surface area (Å²) in [5.74, 6) is 0.478. The number of H-pyrrole nitrogens is 1. The lowest BCUT2D eigenvalue weighted by Crippen LogP contribution is -1.88. The van der Waals surface area contributed by atoms with Crippen LogP contribution in [0, 0.1) is 10.1 Å². The van der Waals surface area contributed by atoms with Gasteiger partial charge in [-0.3, -0.25) is 10.1 Å². The zero-order chi connectivity index (χ0) is 13.4. The highest BCUT2D eigenvalue weighted by Gasteiger charge is 2.17.